The third-order valence-electron chi connectivity index (χ3n) is 1.80. The molecule has 0 saturated carbocycles. The van der Waals surface area contributed by atoms with E-state index >= 15 is 0 Å². The van der Waals surface area contributed by atoms with Gasteiger partial charge in [0.1, 0.15) is 4.32 Å². The number of hydrogen-bond acceptors (Lipinski definition) is 3. The summed E-state index contributed by atoms with van der Waals surface area (Å²) in [6.07, 6.45) is 0. The van der Waals surface area contributed by atoms with Crippen molar-refractivity contribution in [1.82, 2.24) is 4.90 Å². The molecule has 0 bridgehead atoms. The number of benzene rings is 1. The monoisotopic (exact) mass is 295 g/mol. The Morgan fingerprint density at radius 3 is 2.31 bits per heavy atom. The molecule has 0 saturated heterocycles. The number of phenolic OH excluding ortho intramolecular Hbond substituents is 1. The summed E-state index contributed by atoms with van der Waals surface area (Å²) in [6, 6.07) is 3.38. The van der Waals surface area contributed by atoms with E-state index in [9.17, 15) is 5.11 Å². The van der Waals surface area contributed by atoms with Gasteiger partial charge < -0.3 is 10.0 Å². The van der Waals surface area contributed by atoms with Gasteiger partial charge in [-0.25, -0.2) is 0 Å². The van der Waals surface area contributed by atoms with Crippen molar-refractivity contribution in [2.45, 2.75) is 5.75 Å². The summed E-state index contributed by atoms with van der Waals surface area (Å²) in [5, 5.41) is 9.92. The van der Waals surface area contributed by atoms with E-state index in [2.05, 4.69) is 0 Å². The van der Waals surface area contributed by atoms with Crippen LogP contribution in [-0.4, -0.2) is 28.4 Å². The van der Waals surface area contributed by atoms with Gasteiger partial charge in [-0.05, 0) is 17.7 Å². The third-order valence-corrected chi connectivity index (χ3v) is 4.19. The van der Waals surface area contributed by atoms with E-state index in [1.165, 1.54) is 11.8 Å². The van der Waals surface area contributed by atoms with Crippen LogP contribution >= 0.6 is 47.2 Å². The van der Waals surface area contributed by atoms with Gasteiger partial charge in [-0.2, -0.15) is 0 Å². The molecule has 6 heteroatoms. The van der Waals surface area contributed by atoms with E-state index in [4.69, 9.17) is 35.4 Å². The van der Waals surface area contributed by atoms with E-state index in [0.29, 0.717) is 5.75 Å². The molecule has 0 aliphatic rings. The highest BCUT2D eigenvalue weighted by Crippen LogP contribution is 2.33. The van der Waals surface area contributed by atoms with Crippen LogP contribution in [0.1, 0.15) is 5.56 Å². The van der Waals surface area contributed by atoms with Gasteiger partial charge in [0.05, 0.1) is 10.0 Å². The Labute approximate surface area is 115 Å². The second kappa shape index (κ2) is 5.96. The van der Waals surface area contributed by atoms with E-state index in [-0.39, 0.29) is 15.8 Å². The van der Waals surface area contributed by atoms with E-state index in [1.807, 2.05) is 19.0 Å². The second-order valence-electron chi connectivity index (χ2n) is 3.36. The lowest BCUT2D eigenvalue weighted by Gasteiger charge is -2.12. The first-order valence-corrected chi connectivity index (χ1v) is 6.57. The van der Waals surface area contributed by atoms with Crippen molar-refractivity contribution in [3.05, 3.63) is 27.7 Å². The predicted octanol–water partition coefficient (Wildman–Crippen LogP) is 3.78. The maximum Gasteiger partial charge on any atom is 0.152 e. The van der Waals surface area contributed by atoms with Gasteiger partial charge in [0.15, 0.2) is 5.75 Å². The average Bonchev–Trinajstić information content (AvgIpc) is 2.22. The van der Waals surface area contributed by atoms with E-state index in [0.717, 1.165) is 9.88 Å². The number of thiocarbonyl (C=S) groups is 1. The normalized spacial score (nSPS) is 10.2. The van der Waals surface area contributed by atoms with Crippen LogP contribution in [0.5, 0.6) is 5.75 Å². The third kappa shape index (κ3) is 3.70. The minimum atomic E-state index is -0.0766. The van der Waals surface area contributed by atoms with Crippen molar-refractivity contribution in [3.8, 4) is 5.75 Å². The van der Waals surface area contributed by atoms with Crippen molar-refractivity contribution in [2.75, 3.05) is 14.1 Å². The summed E-state index contributed by atoms with van der Waals surface area (Å²) in [4.78, 5) is 1.86. The SMILES string of the molecule is CN(C)C(=S)SCc1cc(Cl)c(O)c(Cl)c1. The molecule has 0 aliphatic carbocycles. The van der Waals surface area contributed by atoms with Crippen LogP contribution < -0.4 is 0 Å². The standard InChI is InChI=1S/C10H11Cl2NOS2/c1-13(2)10(15)16-5-6-3-7(11)9(14)8(12)4-6/h3-4,14H,5H2,1-2H3. The zero-order chi connectivity index (χ0) is 12.3. The number of thioether (sulfide) groups is 1. The molecule has 1 rings (SSSR count). The first-order valence-electron chi connectivity index (χ1n) is 4.42. The Balaban J connectivity index is 2.72. The lowest BCUT2D eigenvalue weighted by atomic mass is 10.2. The molecule has 0 heterocycles. The Hall–Kier alpha value is -0.160. The van der Waals surface area contributed by atoms with Crippen molar-refractivity contribution < 1.29 is 5.11 Å². The highest BCUT2D eigenvalue weighted by molar-refractivity contribution is 8.22. The first-order chi connectivity index (χ1) is 7.41. The molecule has 0 fully saturated rings. The molecule has 1 aromatic rings. The van der Waals surface area contributed by atoms with Gasteiger partial charge in [-0.3, -0.25) is 0 Å². The number of nitrogens with zero attached hydrogens (tertiary/aromatic N) is 1. The molecule has 16 heavy (non-hydrogen) atoms. The highest BCUT2D eigenvalue weighted by Gasteiger charge is 2.08. The fraction of sp³-hybridized carbons (Fsp3) is 0.300. The Kier molecular flexibility index (Phi) is 5.18. The lowest BCUT2D eigenvalue weighted by Crippen LogP contribution is -2.16. The van der Waals surface area contributed by atoms with Crippen molar-refractivity contribution in [1.29, 1.82) is 0 Å². The molecule has 88 valence electrons. The van der Waals surface area contributed by atoms with Crippen molar-refractivity contribution >= 4 is 51.5 Å². The molecule has 0 unspecified atom stereocenters. The topological polar surface area (TPSA) is 23.5 Å². The van der Waals surface area contributed by atoms with E-state index in [1.54, 1.807) is 12.1 Å². The molecule has 0 aliphatic heterocycles. The van der Waals surface area contributed by atoms with Gasteiger partial charge >= 0.3 is 0 Å². The molecule has 0 atom stereocenters. The number of halogens is 2. The molecule has 1 N–H and O–H groups in total. The Morgan fingerprint density at radius 2 is 1.88 bits per heavy atom. The molecule has 0 radical (unpaired) electrons. The quantitative estimate of drug-likeness (QED) is 0.839. The number of phenols is 1. The predicted molar refractivity (Wildman–Crippen MR) is 75.7 cm³/mol. The zero-order valence-electron chi connectivity index (χ0n) is 8.83. The average molecular weight is 296 g/mol. The molecular weight excluding hydrogens is 285 g/mol. The number of rotatable bonds is 2. The largest absolute Gasteiger partial charge is 0.505 e. The number of hydrogen-bond donors (Lipinski definition) is 1. The Morgan fingerprint density at radius 1 is 1.38 bits per heavy atom. The molecule has 2 nitrogen and oxygen atoms in total. The summed E-state index contributed by atoms with van der Waals surface area (Å²) < 4.78 is 0.792. The first kappa shape index (κ1) is 13.9. The molecular formula is C10H11Cl2NOS2. The maximum atomic E-state index is 9.39. The molecule has 0 aromatic heterocycles. The van der Waals surface area contributed by atoms with Crippen LogP contribution in [0.25, 0.3) is 0 Å². The van der Waals surface area contributed by atoms with Crippen LogP contribution in [-0.2, 0) is 5.75 Å². The van der Waals surface area contributed by atoms with Gasteiger partial charge in [-0.1, -0.05) is 47.2 Å². The lowest BCUT2D eigenvalue weighted by molar-refractivity contribution is 0.475. The van der Waals surface area contributed by atoms with Gasteiger partial charge in [0, 0.05) is 19.8 Å². The molecule has 1 aromatic carbocycles. The zero-order valence-corrected chi connectivity index (χ0v) is 12.0. The van der Waals surface area contributed by atoms with Gasteiger partial charge in [-0.15, -0.1) is 0 Å². The van der Waals surface area contributed by atoms with Crippen molar-refractivity contribution in [2.24, 2.45) is 0 Å². The van der Waals surface area contributed by atoms with Gasteiger partial charge in [0.2, 0.25) is 0 Å². The summed E-state index contributed by atoms with van der Waals surface area (Å²) in [7, 11) is 3.79. The minimum absolute atomic E-state index is 0.0766. The second-order valence-corrected chi connectivity index (χ2v) is 5.78. The molecule has 0 amide bonds. The van der Waals surface area contributed by atoms with Crippen LogP contribution in [0.4, 0.5) is 0 Å². The maximum absolute atomic E-state index is 9.39. The fourth-order valence-electron chi connectivity index (χ4n) is 0.976. The van der Waals surface area contributed by atoms with Crippen molar-refractivity contribution in [3.63, 3.8) is 0 Å². The fourth-order valence-corrected chi connectivity index (χ4v) is 2.40. The van der Waals surface area contributed by atoms with Crippen LogP contribution in [0.3, 0.4) is 0 Å². The summed E-state index contributed by atoms with van der Waals surface area (Å²) in [6.45, 7) is 0. The van der Waals surface area contributed by atoms with Crippen LogP contribution in [0.15, 0.2) is 12.1 Å². The summed E-state index contributed by atoms with van der Waals surface area (Å²) in [5.74, 6) is 0.601. The van der Waals surface area contributed by atoms with Crippen LogP contribution in [0, 0.1) is 0 Å². The van der Waals surface area contributed by atoms with Crippen LogP contribution in [0.2, 0.25) is 10.0 Å². The van der Waals surface area contributed by atoms with Gasteiger partial charge in [0.25, 0.3) is 0 Å². The van der Waals surface area contributed by atoms with E-state index < -0.39 is 0 Å². The Bertz CT molecular complexity index is 387. The highest BCUT2D eigenvalue weighted by atomic mass is 35.5. The minimum Gasteiger partial charge on any atom is -0.505 e. The summed E-state index contributed by atoms with van der Waals surface area (Å²) in [5.41, 5.74) is 0.932. The molecule has 0 spiro atoms. The smallest absolute Gasteiger partial charge is 0.152 e. The summed E-state index contributed by atoms with van der Waals surface area (Å²) >= 11 is 18.3. The number of aromatic hydroxyl groups is 1.